The largest absolute Gasteiger partial charge is 0.365 e. The van der Waals surface area contributed by atoms with E-state index in [1.807, 2.05) is 4.90 Å². The molecular weight excluding hydrogens is 314 g/mol. The number of fused-ring (bicyclic) bond motifs is 1. The summed E-state index contributed by atoms with van der Waals surface area (Å²) in [6.45, 7) is 7.38. The standard InChI is InChI=1S/C19H25N5O.H2/c1-3-16(25)24-8-4-5-14(10-24)23-19-17-15(12(2)13-6-7-13)9-20-18(17)21-11-22-19;/h3,9,11-14H,1,4-8,10H2,2H3,(H2,20,21,22,23);1H/t12?,14-;/m1./s1. The predicted octanol–water partition coefficient (Wildman–Crippen LogP) is 3.31. The summed E-state index contributed by atoms with van der Waals surface area (Å²) >= 11 is 0. The van der Waals surface area contributed by atoms with E-state index >= 15 is 0 Å². The predicted molar refractivity (Wildman–Crippen MR) is 101 cm³/mol. The van der Waals surface area contributed by atoms with Gasteiger partial charge in [0.15, 0.2) is 0 Å². The second-order valence-corrected chi connectivity index (χ2v) is 7.29. The first kappa shape index (κ1) is 16.1. The minimum atomic E-state index is 0. The number of hydrogen-bond acceptors (Lipinski definition) is 4. The van der Waals surface area contributed by atoms with Crippen LogP contribution in [0.5, 0.6) is 0 Å². The lowest BCUT2D eigenvalue weighted by Crippen LogP contribution is -2.44. The highest BCUT2D eigenvalue weighted by Gasteiger charge is 2.31. The summed E-state index contributed by atoms with van der Waals surface area (Å²) in [7, 11) is 0. The molecule has 1 saturated heterocycles. The molecule has 0 spiro atoms. The van der Waals surface area contributed by atoms with Crippen LogP contribution in [0, 0.1) is 5.92 Å². The van der Waals surface area contributed by atoms with E-state index < -0.39 is 0 Å². The monoisotopic (exact) mass is 341 g/mol. The summed E-state index contributed by atoms with van der Waals surface area (Å²) < 4.78 is 0. The molecule has 1 unspecified atom stereocenters. The van der Waals surface area contributed by atoms with Crippen molar-refractivity contribution in [2.24, 2.45) is 5.92 Å². The Hall–Kier alpha value is -2.37. The molecule has 2 aromatic rings. The molecule has 4 rings (SSSR count). The number of carbonyl (C=O) groups excluding carboxylic acids is 1. The van der Waals surface area contributed by atoms with Gasteiger partial charge in [0.05, 0.1) is 5.39 Å². The Morgan fingerprint density at radius 1 is 1.48 bits per heavy atom. The van der Waals surface area contributed by atoms with Crippen LogP contribution in [0.2, 0.25) is 0 Å². The molecule has 1 aliphatic heterocycles. The van der Waals surface area contributed by atoms with Gasteiger partial charge < -0.3 is 15.2 Å². The molecule has 6 heteroatoms. The van der Waals surface area contributed by atoms with Crippen molar-refractivity contribution in [3.8, 4) is 0 Å². The van der Waals surface area contributed by atoms with Gasteiger partial charge in [-0.15, -0.1) is 0 Å². The highest BCUT2D eigenvalue weighted by Crippen LogP contribution is 2.44. The van der Waals surface area contributed by atoms with E-state index in [1.165, 1.54) is 24.5 Å². The van der Waals surface area contributed by atoms with Crippen molar-refractivity contribution < 1.29 is 6.22 Å². The zero-order chi connectivity index (χ0) is 17.4. The van der Waals surface area contributed by atoms with Crippen molar-refractivity contribution in [3.05, 3.63) is 30.7 Å². The normalized spacial score (nSPS) is 22.0. The molecule has 0 bridgehead atoms. The first-order valence-electron chi connectivity index (χ1n) is 9.17. The molecule has 25 heavy (non-hydrogen) atoms. The number of anilines is 1. The summed E-state index contributed by atoms with van der Waals surface area (Å²) in [5.74, 6) is 2.18. The third-order valence-electron chi connectivity index (χ3n) is 5.57. The van der Waals surface area contributed by atoms with Crippen LogP contribution in [0.4, 0.5) is 5.82 Å². The van der Waals surface area contributed by atoms with Crippen LogP contribution in [0.25, 0.3) is 11.0 Å². The van der Waals surface area contributed by atoms with E-state index in [9.17, 15) is 4.79 Å². The number of aromatic nitrogens is 3. The lowest BCUT2D eigenvalue weighted by molar-refractivity contribution is -0.127. The number of H-pyrrole nitrogens is 1. The average Bonchev–Trinajstić information content (AvgIpc) is 3.40. The molecule has 1 amide bonds. The third kappa shape index (κ3) is 3.13. The number of rotatable bonds is 5. The van der Waals surface area contributed by atoms with Crippen molar-refractivity contribution in [2.75, 3.05) is 18.4 Å². The van der Waals surface area contributed by atoms with Gasteiger partial charge in [0.25, 0.3) is 0 Å². The molecular formula is C19H27N5O. The minimum Gasteiger partial charge on any atom is -0.365 e. The van der Waals surface area contributed by atoms with Gasteiger partial charge in [-0.25, -0.2) is 9.97 Å². The molecule has 2 aromatic heterocycles. The van der Waals surface area contributed by atoms with E-state index in [0.717, 1.165) is 42.2 Å². The summed E-state index contributed by atoms with van der Waals surface area (Å²) in [4.78, 5) is 26.0. The molecule has 2 aliphatic rings. The highest BCUT2D eigenvalue weighted by atomic mass is 16.2. The van der Waals surface area contributed by atoms with Gasteiger partial charge in [-0.1, -0.05) is 13.5 Å². The van der Waals surface area contributed by atoms with Gasteiger partial charge in [-0.05, 0) is 49.2 Å². The van der Waals surface area contributed by atoms with Crippen molar-refractivity contribution >= 4 is 22.8 Å². The number of likely N-dealkylation sites (tertiary alicyclic amines) is 1. The first-order valence-corrected chi connectivity index (χ1v) is 9.17. The Morgan fingerprint density at radius 3 is 3.08 bits per heavy atom. The Balaban J connectivity index is 0.00000196. The topological polar surface area (TPSA) is 73.9 Å². The number of aromatic amines is 1. The zero-order valence-electron chi connectivity index (χ0n) is 14.7. The number of amides is 1. The molecule has 6 nitrogen and oxygen atoms in total. The Labute approximate surface area is 149 Å². The van der Waals surface area contributed by atoms with E-state index in [0.29, 0.717) is 12.5 Å². The van der Waals surface area contributed by atoms with Crippen LogP contribution >= 0.6 is 0 Å². The van der Waals surface area contributed by atoms with E-state index in [1.54, 1.807) is 6.33 Å². The fourth-order valence-electron chi connectivity index (χ4n) is 3.92. The molecule has 2 N–H and O–H groups in total. The van der Waals surface area contributed by atoms with Crippen molar-refractivity contribution in [1.82, 2.24) is 19.9 Å². The number of nitrogens with zero attached hydrogens (tertiary/aromatic N) is 3. The fourth-order valence-corrected chi connectivity index (χ4v) is 3.92. The smallest absolute Gasteiger partial charge is 0.246 e. The van der Waals surface area contributed by atoms with E-state index in [2.05, 4.69) is 40.0 Å². The molecule has 2 fully saturated rings. The molecule has 0 radical (unpaired) electrons. The molecule has 134 valence electrons. The maximum atomic E-state index is 11.9. The number of nitrogens with one attached hydrogen (secondary N) is 2. The van der Waals surface area contributed by atoms with Crippen LogP contribution in [0.15, 0.2) is 25.2 Å². The van der Waals surface area contributed by atoms with Crippen LogP contribution in [0.3, 0.4) is 0 Å². The lowest BCUT2D eigenvalue weighted by Gasteiger charge is -2.33. The lowest BCUT2D eigenvalue weighted by atomic mass is 9.96. The second-order valence-electron chi connectivity index (χ2n) is 7.29. The summed E-state index contributed by atoms with van der Waals surface area (Å²) in [6.07, 6.45) is 9.72. The van der Waals surface area contributed by atoms with Gasteiger partial charge in [0.1, 0.15) is 17.8 Å². The molecule has 1 saturated carbocycles. The van der Waals surface area contributed by atoms with Crippen LogP contribution in [-0.4, -0.2) is 44.9 Å². The fraction of sp³-hybridized carbons (Fsp3) is 0.526. The van der Waals surface area contributed by atoms with Gasteiger partial charge in [-0.2, -0.15) is 0 Å². The molecule has 0 aromatic carbocycles. The van der Waals surface area contributed by atoms with Crippen molar-refractivity contribution in [1.29, 1.82) is 0 Å². The van der Waals surface area contributed by atoms with E-state index in [-0.39, 0.29) is 13.4 Å². The van der Waals surface area contributed by atoms with Crippen LogP contribution < -0.4 is 5.32 Å². The summed E-state index contributed by atoms with van der Waals surface area (Å²) in [6, 6.07) is 0.203. The minimum absolute atomic E-state index is 0. The summed E-state index contributed by atoms with van der Waals surface area (Å²) in [5.41, 5.74) is 2.19. The highest BCUT2D eigenvalue weighted by molar-refractivity contribution is 5.91. The van der Waals surface area contributed by atoms with Gasteiger partial charge in [0, 0.05) is 26.8 Å². The Bertz CT molecular complexity index is 800. The Morgan fingerprint density at radius 2 is 2.32 bits per heavy atom. The summed E-state index contributed by atoms with van der Waals surface area (Å²) in [5, 5.41) is 4.68. The third-order valence-corrected chi connectivity index (χ3v) is 5.57. The number of hydrogen-bond donors (Lipinski definition) is 2. The van der Waals surface area contributed by atoms with Crippen LogP contribution in [0.1, 0.15) is 45.5 Å². The van der Waals surface area contributed by atoms with Gasteiger partial charge in [-0.3, -0.25) is 4.79 Å². The van der Waals surface area contributed by atoms with E-state index in [4.69, 9.17) is 0 Å². The average molecular weight is 341 g/mol. The number of carbonyl (C=O) groups is 1. The van der Waals surface area contributed by atoms with Crippen molar-refractivity contribution in [2.45, 2.75) is 44.6 Å². The quantitative estimate of drug-likeness (QED) is 0.818. The Kier molecular flexibility index (Phi) is 4.19. The maximum Gasteiger partial charge on any atom is 0.246 e. The van der Waals surface area contributed by atoms with Gasteiger partial charge in [0.2, 0.25) is 5.91 Å². The van der Waals surface area contributed by atoms with Crippen LogP contribution in [-0.2, 0) is 4.79 Å². The molecule has 2 atom stereocenters. The maximum absolute atomic E-state index is 11.9. The molecule has 1 aliphatic carbocycles. The first-order chi connectivity index (χ1) is 12.2. The number of piperidine rings is 1. The molecule has 3 heterocycles. The second kappa shape index (κ2) is 6.50. The van der Waals surface area contributed by atoms with Gasteiger partial charge >= 0.3 is 0 Å². The zero-order valence-corrected chi connectivity index (χ0v) is 14.7. The SMILES string of the molecule is C=CC(=O)N1CCC[C@@H](Nc2ncnc3[nH]cc(C(C)C4CC4)c23)C1.[HH]. The van der Waals surface area contributed by atoms with Crippen molar-refractivity contribution in [3.63, 3.8) is 0 Å².